The fraction of sp³-hybridized carbons (Fsp3) is 0.409. The number of piperazine rings is 1. The number of ether oxygens (including phenoxy) is 1. The van der Waals surface area contributed by atoms with Gasteiger partial charge in [-0.05, 0) is 35.9 Å². The molecule has 0 N–H and O–H groups in total. The second-order valence-electron chi connectivity index (χ2n) is 7.85. The summed E-state index contributed by atoms with van der Waals surface area (Å²) in [5.74, 6) is -1.22. The number of amides is 1. The van der Waals surface area contributed by atoms with E-state index < -0.39 is 21.7 Å². The Labute approximate surface area is 192 Å². The fourth-order valence-electron chi connectivity index (χ4n) is 3.89. The van der Waals surface area contributed by atoms with Gasteiger partial charge in [0.2, 0.25) is 10.0 Å². The maximum absolute atomic E-state index is 14.5. The van der Waals surface area contributed by atoms with Crippen molar-refractivity contribution in [3.05, 3.63) is 64.4 Å². The molecule has 10 heteroatoms. The summed E-state index contributed by atoms with van der Waals surface area (Å²) < 4.78 is 46.8. The Hall–Kier alpha value is -2.04. The first-order valence-corrected chi connectivity index (χ1v) is 12.3. The van der Waals surface area contributed by atoms with Gasteiger partial charge < -0.3 is 9.64 Å². The predicted octanol–water partition coefficient (Wildman–Crippen LogP) is 2.46. The first kappa shape index (κ1) is 23.1. The molecule has 0 unspecified atom stereocenters. The van der Waals surface area contributed by atoms with E-state index >= 15 is 0 Å². The Balaban J connectivity index is 1.43. The highest BCUT2D eigenvalue weighted by molar-refractivity contribution is 7.89. The second-order valence-corrected chi connectivity index (χ2v) is 10.2. The molecule has 0 aliphatic carbocycles. The zero-order valence-electron chi connectivity index (χ0n) is 17.5. The van der Waals surface area contributed by atoms with Gasteiger partial charge >= 0.3 is 0 Å². The molecule has 32 heavy (non-hydrogen) atoms. The van der Waals surface area contributed by atoms with E-state index in [0.29, 0.717) is 44.4 Å². The van der Waals surface area contributed by atoms with Crippen molar-refractivity contribution in [1.29, 1.82) is 0 Å². The number of rotatable bonds is 5. The van der Waals surface area contributed by atoms with Crippen LogP contribution < -0.4 is 0 Å². The summed E-state index contributed by atoms with van der Waals surface area (Å²) >= 11 is 5.93. The third kappa shape index (κ3) is 5.13. The SMILES string of the molecule is O=C(c1cc(S(=O)(=O)N2CCOCC2)ccc1F)N1CCN(Cc2ccc(Cl)cc2)CC1. The van der Waals surface area contributed by atoms with Gasteiger partial charge in [0.05, 0.1) is 23.7 Å². The molecule has 2 aromatic rings. The van der Waals surface area contributed by atoms with E-state index in [-0.39, 0.29) is 23.5 Å². The van der Waals surface area contributed by atoms with Gasteiger partial charge in [0.25, 0.3) is 5.91 Å². The molecule has 1 amide bonds. The molecule has 0 bridgehead atoms. The highest BCUT2D eigenvalue weighted by Gasteiger charge is 2.29. The number of sulfonamides is 1. The number of nitrogens with zero attached hydrogens (tertiary/aromatic N) is 3. The summed E-state index contributed by atoms with van der Waals surface area (Å²) in [6.07, 6.45) is 0. The van der Waals surface area contributed by atoms with Crippen molar-refractivity contribution in [1.82, 2.24) is 14.1 Å². The molecule has 172 valence electrons. The summed E-state index contributed by atoms with van der Waals surface area (Å²) in [7, 11) is -3.81. The highest BCUT2D eigenvalue weighted by atomic mass is 35.5. The molecular weight excluding hydrogens is 457 g/mol. The number of hydrogen-bond acceptors (Lipinski definition) is 5. The molecule has 2 saturated heterocycles. The van der Waals surface area contributed by atoms with Crippen LogP contribution in [-0.4, -0.2) is 80.9 Å². The molecule has 2 aliphatic rings. The van der Waals surface area contributed by atoms with Crippen LogP contribution in [0.1, 0.15) is 15.9 Å². The van der Waals surface area contributed by atoms with Crippen LogP contribution in [0.15, 0.2) is 47.4 Å². The molecule has 0 spiro atoms. The quantitative estimate of drug-likeness (QED) is 0.656. The molecule has 4 rings (SSSR count). The average molecular weight is 482 g/mol. The van der Waals surface area contributed by atoms with Crippen molar-refractivity contribution >= 4 is 27.5 Å². The Bertz CT molecular complexity index is 1070. The smallest absolute Gasteiger partial charge is 0.256 e. The Morgan fingerprint density at radius 1 is 0.969 bits per heavy atom. The average Bonchev–Trinajstić information content (AvgIpc) is 2.81. The second kappa shape index (κ2) is 9.84. The Morgan fingerprint density at radius 3 is 2.28 bits per heavy atom. The molecular formula is C22H25ClFN3O4S. The molecule has 7 nitrogen and oxygen atoms in total. The first-order valence-electron chi connectivity index (χ1n) is 10.5. The van der Waals surface area contributed by atoms with Crippen molar-refractivity contribution < 1.29 is 22.3 Å². The van der Waals surface area contributed by atoms with Gasteiger partial charge in [-0.1, -0.05) is 23.7 Å². The summed E-state index contributed by atoms with van der Waals surface area (Å²) in [5.41, 5.74) is 0.909. The van der Waals surface area contributed by atoms with Gasteiger partial charge in [-0.15, -0.1) is 0 Å². The molecule has 0 saturated carbocycles. The van der Waals surface area contributed by atoms with Crippen molar-refractivity contribution in [3.8, 4) is 0 Å². The van der Waals surface area contributed by atoms with Gasteiger partial charge in [0, 0.05) is 50.8 Å². The Morgan fingerprint density at radius 2 is 1.62 bits per heavy atom. The van der Waals surface area contributed by atoms with Crippen LogP contribution in [0.4, 0.5) is 4.39 Å². The topological polar surface area (TPSA) is 70.2 Å². The zero-order valence-corrected chi connectivity index (χ0v) is 19.1. The van der Waals surface area contributed by atoms with Gasteiger partial charge in [0.1, 0.15) is 5.82 Å². The summed E-state index contributed by atoms with van der Waals surface area (Å²) in [5, 5.41) is 0.684. The lowest BCUT2D eigenvalue weighted by molar-refractivity contribution is 0.0623. The van der Waals surface area contributed by atoms with E-state index in [9.17, 15) is 17.6 Å². The normalized spacial score (nSPS) is 18.6. The maximum atomic E-state index is 14.5. The molecule has 0 atom stereocenters. The third-order valence-corrected chi connectivity index (χ3v) is 7.90. The lowest BCUT2D eigenvalue weighted by atomic mass is 10.1. The van der Waals surface area contributed by atoms with Crippen molar-refractivity contribution in [3.63, 3.8) is 0 Å². The van der Waals surface area contributed by atoms with Gasteiger partial charge in [-0.25, -0.2) is 12.8 Å². The van der Waals surface area contributed by atoms with Crippen LogP contribution >= 0.6 is 11.6 Å². The standard InChI is InChI=1S/C22H25ClFN3O4S/c23-18-3-1-17(2-4-18)16-25-7-9-26(10-8-25)22(28)20-15-19(5-6-21(20)24)32(29,30)27-11-13-31-14-12-27/h1-6,15H,7-14,16H2. The summed E-state index contributed by atoms with van der Waals surface area (Å²) in [6, 6.07) is 11.0. The Kier molecular flexibility index (Phi) is 7.11. The minimum atomic E-state index is -3.81. The number of hydrogen-bond donors (Lipinski definition) is 0. The number of halogens is 2. The number of carbonyl (C=O) groups is 1. The van der Waals surface area contributed by atoms with Crippen LogP contribution in [0, 0.1) is 5.82 Å². The lowest BCUT2D eigenvalue weighted by Gasteiger charge is -2.35. The van der Waals surface area contributed by atoms with Crippen LogP contribution in [0.25, 0.3) is 0 Å². The van der Waals surface area contributed by atoms with Crippen LogP contribution in [0.2, 0.25) is 5.02 Å². The number of benzene rings is 2. The summed E-state index contributed by atoms with van der Waals surface area (Å²) in [6.45, 7) is 3.99. The number of carbonyl (C=O) groups excluding carboxylic acids is 1. The zero-order chi connectivity index (χ0) is 22.7. The van der Waals surface area contributed by atoms with E-state index in [1.54, 1.807) is 4.90 Å². The van der Waals surface area contributed by atoms with Crippen molar-refractivity contribution in [2.45, 2.75) is 11.4 Å². The number of morpholine rings is 1. The molecule has 2 aliphatic heterocycles. The van der Waals surface area contributed by atoms with Crippen LogP contribution in [0.5, 0.6) is 0 Å². The van der Waals surface area contributed by atoms with Gasteiger partial charge in [-0.3, -0.25) is 9.69 Å². The van der Waals surface area contributed by atoms with Crippen LogP contribution in [-0.2, 0) is 21.3 Å². The van der Waals surface area contributed by atoms with E-state index in [2.05, 4.69) is 4.90 Å². The monoisotopic (exact) mass is 481 g/mol. The molecule has 2 fully saturated rings. The highest BCUT2D eigenvalue weighted by Crippen LogP contribution is 2.22. The molecule has 0 radical (unpaired) electrons. The fourth-order valence-corrected chi connectivity index (χ4v) is 5.45. The minimum Gasteiger partial charge on any atom is -0.379 e. The van der Waals surface area contributed by atoms with E-state index in [1.165, 1.54) is 10.4 Å². The minimum absolute atomic E-state index is 0.0782. The molecule has 2 aromatic carbocycles. The lowest BCUT2D eigenvalue weighted by Crippen LogP contribution is -2.48. The van der Waals surface area contributed by atoms with Crippen LogP contribution in [0.3, 0.4) is 0 Å². The molecule has 0 aromatic heterocycles. The largest absolute Gasteiger partial charge is 0.379 e. The van der Waals surface area contributed by atoms with Crippen molar-refractivity contribution in [2.24, 2.45) is 0 Å². The van der Waals surface area contributed by atoms with Crippen molar-refractivity contribution in [2.75, 3.05) is 52.5 Å². The van der Waals surface area contributed by atoms with E-state index in [4.69, 9.17) is 16.3 Å². The summed E-state index contributed by atoms with van der Waals surface area (Å²) in [4.78, 5) is 16.7. The van der Waals surface area contributed by atoms with Gasteiger partial charge in [0.15, 0.2) is 0 Å². The predicted molar refractivity (Wildman–Crippen MR) is 119 cm³/mol. The van der Waals surface area contributed by atoms with E-state index in [1.807, 2.05) is 24.3 Å². The van der Waals surface area contributed by atoms with Gasteiger partial charge in [-0.2, -0.15) is 4.31 Å². The molecule has 2 heterocycles. The van der Waals surface area contributed by atoms with E-state index in [0.717, 1.165) is 24.2 Å². The third-order valence-electron chi connectivity index (χ3n) is 5.76. The first-order chi connectivity index (χ1) is 15.3. The maximum Gasteiger partial charge on any atom is 0.256 e.